The summed E-state index contributed by atoms with van der Waals surface area (Å²) in [6.07, 6.45) is 1.64. The van der Waals surface area contributed by atoms with Crippen LogP contribution >= 0.6 is 0 Å². The summed E-state index contributed by atoms with van der Waals surface area (Å²) >= 11 is 0. The van der Waals surface area contributed by atoms with Crippen molar-refractivity contribution in [1.82, 2.24) is 14.7 Å². The molecule has 7 heteroatoms. The van der Waals surface area contributed by atoms with Crippen molar-refractivity contribution < 1.29 is 14.3 Å². The second-order valence-electron chi connectivity index (χ2n) is 5.14. The second kappa shape index (κ2) is 7.78. The molecule has 0 aromatic carbocycles. The Labute approximate surface area is 125 Å². The predicted octanol–water partition coefficient (Wildman–Crippen LogP) is 1.29. The molecule has 1 amide bonds. The highest BCUT2D eigenvalue weighted by Gasteiger charge is 2.21. The van der Waals surface area contributed by atoms with Crippen molar-refractivity contribution in [1.29, 1.82) is 0 Å². The number of ether oxygens (including phenoxy) is 1. The van der Waals surface area contributed by atoms with E-state index in [-0.39, 0.29) is 24.5 Å². The van der Waals surface area contributed by atoms with Crippen molar-refractivity contribution in [3.8, 4) is 0 Å². The van der Waals surface area contributed by atoms with Crippen LogP contribution in [-0.4, -0.2) is 52.8 Å². The molecule has 0 aliphatic carbocycles. The van der Waals surface area contributed by atoms with Crippen LogP contribution in [0.15, 0.2) is 12.3 Å². The van der Waals surface area contributed by atoms with E-state index in [1.54, 1.807) is 42.7 Å². The van der Waals surface area contributed by atoms with E-state index in [0.717, 1.165) is 0 Å². The van der Waals surface area contributed by atoms with Crippen molar-refractivity contribution in [2.45, 2.75) is 39.8 Å². The maximum atomic E-state index is 12.2. The lowest BCUT2D eigenvalue weighted by Gasteiger charge is -2.23. The summed E-state index contributed by atoms with van der Waals surface area (Å²) in [6, 6.07) is 1.45. The van der Waals surface area contributed by atoms with Gasteiger partial charge in [-0.05, 0) is 34.7 Å². The quantitative estimate of drug-likeness (QED) is 0.767. The molecule has 0 spiro atoms. The summed E-state index contributed by atoms with van der Waals surface area (Å²) < 4.78 is 6.60. The lowest BCUT2D eigenvalue weighted by molar-refractivity contribution is -0.144. The number of nitrogens with zero attached hydrogens (tertiary/aromatic N) is 3. The molecule has 21 heavy (non-hydrogen) atoms. The van der Waals surface area contributed by atoms with Gasteiger partial charge in [0.2, 0.25) is 5.91 Å². The van der Waals surface area contributed by atoms with Crippen LogP contribution in [0.4, 0.5) is 5.82 Å². The lowest BCUT2D eigenvalue weighted by Crippen LogP contribution is -2.42. The summed E-state index contributed by atoms with van der Waals surface area (Å²) in [7, 11) is 1.71. The normalized spacial score (nSPS) is 12.5. The third kappa shape index (κ3) is 4.86. The number of nitrogens with one attached hydrogen (secondary N) is 1. The van der Waals surface area contributed by atoms with Crippen LogP contribution in [0.2, 0.25) is 0 Å². The number of likely N-dealkylation sites (N-methyl/N-ethyl adjacent to an activating group) is 1. The lowest BCUT2D eigenvalue weighted by atomic mass is 10.2. The first-order valence-corrected chi connectivity index (χ1v) is 7.07. The van der Waals surface area contributed by atoms with Crippen molar-refractivity contribution in [3.63, 3.8) is 0 Å². The fourth-order valence-corrected chi connectivity index (χ4v) is 1.80. The molecule has 0 aliphatic rings. The van der Waals surface area contributed by atoms with Gasteiger partial charge < -0.3 is 10.1 Å². The number of amides is 1. The highest BCUT2D eigenvalue weighted by atomic mass is 16.5. The van der Waals surface area contributed by atoms with E-state index in [9.17, 15) is 9.59 Å². The molecule has 1 aromatic heterocycles. The van der Waals surface area contributed by atoms with E-state index in [1.165, 1.54) is 0 Å². The van der Waals surface area contributed by atoms with Gasteiger partial charge in [-0.1, -0.05) is 0 Å². The SMILES string of the molecule is CCOC(=O)CN(C)C(C)C(=O)Nc1ccnn1C(C)C. The number of aromatic nitrogens is 2. The summed E-state index contributed by atoms with van der Waals surface area (Å²) in [4.78, 5) is 25.3. The van der Waals surface area contributed by atoms with Crippen molar-refractivity contribution in [2.24, 2.45) is 0 Å². The van der Waals surface area contributed by atoms with Gasteiger partial charge in [0.15, 0.2) is 0 Å². The molecule has 118 valence electrons. The largest absolute Gasteiger partial charge is 0.465 e. The van der Waals surface area contributed by atoms with Crippen LogP contribution < -0.4 is 5.32 Å². The van der Waals surface area contributed by atoms with Crippen LogP contribution in [-0.2, 0) is 14.3 Å². The number of rotatable bonds is 7. The number of carbonyl (C=O) groups excluding carboxylic acids is 2. The standard InChI is InChI=1S/C14H24N4O3/c1-6-21-13(19)9-17(5)11(4)14(20)16-12-7-8-15-18(12)10(2)3/h7-8,10-11H,6,9H2,1-5H3,(H,16,20). The molecule has 1 atom stereocenters. The van der Waals surface area contributed by atoms with Gasteiger partial charge in [0.05, 0.1) is 25.4 Å². The van der Waals surface area contributed by atoms with Gasteiger partial charge in [-0.15, -0.1) is 0 Å². The fraction of sp³-hybridized carbons (Fsp3) is 0.643. The Morgan fingerprint density at radius 3 is 2.67 bits per heavy atom. The van der Waals surface area contributed by atoms with Crippen LogP contribution in [0.5, 0.6) is 0 Å². The van der Waals surface area contributed by atoms with Gasteiger partial charge in [-0.25, -0.2) is 4.68 Å². The minimum absolute atomic E-state index is 0.0753. The minimum Gasteiger partial charge on any atom is -0.465 e. The van der Waals surface area contributed by atoms with E-state index in [2.05, 4.69) is 10.4 Å². The summed E-state index contributed by atoms with van der Waals surface area (Å²) in [5.74, 6) is 0.113. The molecule has 0 radical (unpaired) electrons. The van der Waals surface area contributed by atoms with Crippen molar-refractivity contribution in [3.05, 3.63) is 12.3 Å². The monoisotopic (exact) mass is 296 g/mol. The maximum Gasteiger partial charge on any atom is 0.320 e. The van der Waals surface area contributed by atoms with Gasteiger partial charge in [0.1, 0.15) is 5.82 Å². The second-order valence-corrected chi connectivity index (χ2v) is 5.14. The molecule has 1 unspecified atom stereocenters. The van der Waals surface area contributed by atoms with Gasteiger partial charge in [-0.3, -0.25) is 14.5 Å². The molecule has 1 N–H and O–H groups in total. The number of anilines is 1. The van der Waals surface area contributed by atoms with Crippen LogP contribution in [0.3, 0.4) is 0 Å². The molecule has 7 nitrogen and oxygen atoms in total. The first kappa shape index (κ1) is 17.2. The fourth-order valence-electron chi connectivity index (χ4n) is 1.80. The van der Waals surface area contributed by atoms with Crippen LogP contribution in [0.1, 0.15) is 33.7 Å². The highest BCUT2D eigenvalue weighted by molar-refractivity contribution is 5.94. The summed E-state index contributed by atoms with van der Waals surface area (Å²) in [6.45, 7) is 7.87. The van der Waals surface area contributed by atoms with Crippen molar-refractivity contribution >= 4 is 17.7 Å². The molecule has 0 fully saturated rings. The Morgan fingerprint density at radius 2 is 2.10 bits per heavy atom. The number of hydrogen-bond donors (Lipinski definition) is 1. The molecule has 0 aliphatic heterocycles. The van der Waals surface area contributed by atoms with E-state index >= 15 is 0 Å². The molecular formula is C14H24N4O3. The Morgan fingerprint density at radius 1 is 1.43 bits per heavy atom. The molecule has 0 bridgehead atoms. The van der Waals surface area contributed by atoms with E-state index < -0.39 is 6.04 Å². The van der Waals surface area contributed by atoms with Gasteiger partial charge in [-0.2, -0.15) is 5.10 Å². The average Bonchev–Trinajstić information content (AvgIpc) is 2.86. The Kier molecular flexibility index (Phi) is 6.36. The molecular weight excluding hydrogens is 272 g/mol. The first-order valence-electron chi connectivity index (χ1n) is 7.07. The molecule has 0 saturated carbocycles. The number of carbonyl (C=O) groups is 2. The number of esters is 1. The number of hydrogen-bond acceptors (Lipinski definition) is 5. The summed E-state index contributed by atoms with van der Waals surface area (Å²) in [5.41, 5.74) is 0. The maximum absolute atomic E-state index is 12.2. The van der Waals surface area contributed by atoms with Gasteiger partial charge >= 0.3 is 5.97 Å². The van der Waals surface area contributed by atoms with E-state index in [0.29, 0.717) is 12.4 Å². The Balaban J connectivity index is 2.61. The molecule has 1 aromatic rings. The summed E-state index contributed by atoms with van der Waals surface area (Å²) in [5, 5.41) is 6.99. The Bertz CT molecular complexity index is 484. The topological polar surface area (TPSA) is 76.5 Å². The van der Waals surface area contributed by atoms with Gasteiger partial charge in [0, 0.05) is 12.1 Å². The zero-order valence-corrected chi connectivity index (χ0v) is 13.3. The predicted molar refractivity (Wildman–Crippen MR) is 80.0 cm³/mol. The van der Waals surface area contributed by atoms with Crippen molar-refractivity contribution in [2.75, 3.05) is 25.5 Å². The molecule has 1 rings (SSSR count). The minimum atomic E-state index is -0.454. The third-order valence-electron chi connectivity index (χ3n) is 3.14. The van der Waals surface area contributed by atoms with E-state index in [1.807, 2.05) is 13.8 Å². The van der Waals surface area contributed by atoms with E-state index in [4.69, 9.17) is 4.74 Å². The third-order valence-corrected chi connectivity index (χ3v) is 3.14. The molecule has 1 heterocycles. The highest BCUT2D eigenvalue weighted by Crippen LogP contribution is 2.13. The smallest absolute Gasteiger partial charge is 0.320 e. The van der Waals surface area contributed by atoms with Gasteiger partial charge in [0.25, 0.3) is 0 Å². The zero-order chi connectivity index (χ0) is 16.0. The Hall–Kier alpha value is -1.89. The molecule has 0 saturated heterocycles. The first-order chi connectivity index (χ1) is 9.86. The average molecular weight is 296 g/mol. The van der Waals surface area contributed by atoms with Crippen LogP contribution in [0, 0.1) is 0 Å². The zero-order valence-electron chi connectivity index (χ0n) is 13.3. The van der Waals surface area contributed by atoms with Crippen LogP contribution in [0.25, 0.3) is 0 Å².